The molecule has 5 nitrogen and oxygen atoms in total. The van der Waals surface area contributed by atoms with Crippen LogP contribution in [0.5, 0.6) is 0 Å². The number of nitrogens with two attached hydrogens (primary N) is 2. The molecule has 0 radical (unpaired) electrons. The molecule has 1 aromatic heterocycles. The van der Waals surface area contributed by atoms with Crippen LogP contribution in [-0.4, -0.2) is 15.5 Å². The molecule has 15 heavy (non-hydrogen) atoms. The van der Waals surface area contributed by atoms with Crippen LogP contribution in [0.25, 0.3) is 0 Å². The number of carbonyl (C=O) groups is 1. The molecule has 0 aliphatic rings. The molecule has 0 aromatic carbocycles. The van der Waals surface area contributed by atoms with E-state index in [0.29, 0.717) is 18.9 Å². The van der Waals surface area contributed by atoms with Crippen molar-refractivity contribution in [1.82, 2.24) is 9.55 Å². The van der Waals surface area contributed by atoms with E-state index in [1.54, 1.807) is 12.5 Å². The van der Waals surface area contributed by atoms with Crippen LogP contribution in [0.4, 0.5) is 0 Å². The third kappa shape index (κ3) is 3.06. The van der Waals surface area contributed by atoms with Gasteiger partial charge in [-0.05, 0) is 5.92 Å². The predicted octanol–water partition coefficient (Wildman–Crippen LogP) is 0.414. The molecule has 0 fully saturated rings. The second-order valence-corrected chi connectivity index (χ2v) is 4.00. The van der Waals surface area contributed by atoms with Crippen molar-refractivity contribution in [2.75, 3.05) is 0 Å². The van der Waals surface area contributed by atoms with Crippen LogP contribution < -0.4 is 11.5 Å². The van der Waals surface area contributed by atoms with Crippen molar-refractivity contribution in [2.45, 2.75) is 32.9 Å². The fraction of sp³-hybridized carbons (Fsp3) is 0.600. The second-order valence-electron chi connectivity index (χ2n) is 4.00. The molecule has 0 spiro atoms. The first-order chi connectivity index (χ1) is 7.02. The van der Waals surface area contributed by atoms with Crippen molar-refractivity contribution in [1.29, 1.82) is 0 Å². The summed E-state index contributed by atoms with van der Waals surface area (Å²) in [5.74, 6) is 0.0294. The van der Waals surface area contributed by atoms with E-state index >= 15 is 0 Å². The van der Waals surface area contributed by atoms with Crippen molar-refractivity contribution in [3.63, 3.8) is 0 Å². The van der Waals surface area contributed by atoms with Gasteiger partial charge in [-0.15, -0.1) is 0 Å². The number of imidazole rings is 1. The zero-order valence-corrected chi connectivity index (χ0v) is 9.18. The number of amides is 1. The maximum Gasteiger partial charge on any atom is 0.219 e. The molecular formula is C10H18N4O. The Morgan fingerprint density at radius 2 is 2.27 bits per heavy atom. The van der Waals surface area contributed by atoms with E-state index in [-0.39, 0.29) is 11.9 Å². The summed E-state index contributed by atoms with van der Waals surface area (Å²) in [6.45, 7) is 4.65. The summed E-state index contributed by atoms with van der Waals surface area (Å²) >= 11 is 0. The van der Waals surface area contributed by atoms with Gasteiger partial charge in [-0.1, -0.05) is 13.8 Å². The average molecular weight is 210 g/mol. The number of aromatic nitrogens is 2. The van der Waals surface area contributed by atoms with Gasteiger partial charge in [-0.2, -0.15) is 0 Å². The van der Waals surface area contributed by atoms with Gasteiger partial charge in [0.05, 0.1) is 12.0 Å². The zero-order chi connectivity index (χ0) is 11.4. The van der Waals surface area contributed by atoms with Gasteiger partial charge in [0.1, 0.15) is 0 Å². The maximum absolute atomic E-state index is 10.7. The van der Waals surface area contributed by atoms with Crippen LogP contribution in [-0.2, 0) is 11.3 Å². The molecule has 1 rings (SSSR count). The van der Waals surface area contributed by atoms with E-state index in [9.17, 15) is 4.79 Å². The van der Waals surface area contributed by atoms with Crippen LogP contribution in [0, 0.1) is 5.92 Å². The number of primary amides is 1. The summed E-state index contributed by atoms with van der Waals surface area (Å²) < 4.78 is 1.88. The average Bonchev–Trinajstić information content (AvgIpc) is 2.60. The summed E-state index contributed by atoms with van der Waals surface area (Å²) in [5.41, 5.74) is 12.1. The molecule has 0 saturated carbocycles. The van der Waals surface area contributed by atoms with Gasteiger partial charge in [0.15, 0.2) is 0 Å². The molecule has 1 unspecified atom stereocenters. The highest BCUT2D eigenvalue weighted by Gasteiger charge is 2.14. The molecule has 0 aliphatic carbocycles. The molecule has 5 heteroatoms. The molecule has 0 aliphatic heterocycles. The summed E-state index contributed by atoms with van der Waals surface area (Å²) in [6.07, 6.45) is 3.74. The minimum atomic E-state index is -0.312. The smallest absolute Gasteiger partial charge is 0.219 e. The van der Waals surface area contributed by atoms with Gasteiger partial charge in [-0.25, -0.2) is 4.98 Å². The predicted molar refractivity (Wildman–Crippen MR) is 57.8 cm³/mol. The Bertz CT molecular complexity index is 332. The Morgan fingerprint density at radius 1 is 1.60 bits per heavy atom. The molecule has 1 aromatic rings. The van der Waals surface area contributed by atoms with E-state index in [2.05, 4.69) is 18.8 Å². The highest BCUT2D eigenvalue weighted by molar-refractivity contribution is 5.73. The Labute approximate surface area is 89.5 Å². The highest BCUT2D eigenvalue weighted by Crippen LogP contribution is 2.18. The van der Waals surface area contributed by atoms with E-state index in [1.807, 2.05) is 4.57 Å². The third-order valence-corrected chi connectivity index (χ3v) is 2.40. The summed E-state index contributed by atoms with van der Waals surface area (Å²) in [7, 11) is 0. The fourth-order valence-corrected chi connectivity index (χ4v) is 1.37. The van der Waals surface area contributed by atoms with Gasteiger partial charge in [0.2, 0.25) is 5.91 Å². The summed E-state index contributed by atoms with van der Waals surface area (Å²) in [6, 6.07) is -0.0552. The number of carbonyl (C=O) groups excluding carboxylic acids is 1. The van der Waals surface area contributed by atoms with Crippen molar-refractivity contribution >= 4 is 5.91 Å². The van der Waals surface area contributed by atoms with Crippen molar-refractivity contribution < 1.29 is 4.79 Å². The molecule has 1 atom stereocenters. The lowest BCUT2D eigenvalue weighted by Gasteiger charge is -2.17. The Balaban J connectivity index is 2.73. The van der Waals surface area contributed by atoms with Crippen LogP contribution in [0.1, 0.15) is 32.0 Å². The molecule has 84 valence electrons. The number of hydrogen-bond donors (Lipinski definition) is 2. The van der Waals surface area contributed by atoms with Gasteiger partial charge >= 0.3 is 0 Å². The normalized spacial score (nSPS) is 13.1. The second kappa shape index (κ2) is 4.93. The number of hydrogen-bond acceptors (Lipinski definition) is 3. The molecule has 0 bridgehead atoms. The van der Waals surface area contributed by atoms with Crippen LogP contribution in [0.2, 0.25) is 0 Å². The summed E-state index contributed by atoms with van der Waals surface area (Å²) in [5, 5.41) is 0. The zero-order valence-electron chi connectivity index (χ0n) is 9.18. The largest absolute Gasteiger partial charge is 0.370 e. The number of rotatable bonds is 5. The van der Waals surface area contributed by atoms with E-state index in [4.69, 9.17) is 11.5 Å². The third-order valence-electron chi connectivity index (χ3n) is 2.40. The molecule has 4 N–H and O–H groups in total. The Kier molecular flexibility index (Phi) is 3.85. The standard InChI is InChI=1S/C10H18N4O/c1-7(2)10(12)8-5-13-6-14(8)4-3-9(11)15/h5-7,10H,3-4,12H2,1-2H3,(H2,11,15). The molecule has 0 saturated heterocycles. The molecule has 1 heterocycles. The molecule has 1 amide bonds. The van der Waals surface area contributed by atoms with Gasteiger partial charge in [-0.3, -0.25) is 4.79 Å². The van der Waals surface area contributed by atoms with E-state index < -0.39 is 0 Å². The quantitative estimate of drug-likeness (QED) is 0.738. The van der Waals surface area contributed by atoms with Crippen molar-refractivity contribution in [3.8, 4) is 0 Å². The first-order valence-corrected chi connectivity index (χ1v) is 5.06. The Hall–Kier alpha value is -1.36. The van der Waals surface area contributed by atoms with Gasteiger partial charge < -0.3 is 16.0 Å². The van der Waals surface area contributed by atoms with E-state index in [1.165, 1.54) is 0 Å². The topological polar surface area (TPSA) is 86.9 Å². The first-order valence-electron chi connectivity index (χ1n) is 5.06. The monoisotopic (exact) mass is 210 g/mol. The SMILES string of the molecule is CC(C)C(N)c1cncn1CCC(N)=O. The lowest BCUT2D eigenvalue weighted by atomic mass is 10.0. The minimum absolute atomic E-state index is 0.0552. The number of nitrogens with zero attached hydrogens (tertiary/aromatic N) is 2. The fourth-order valence-electron chi connectivity index (χ4n) is 1.37. The van der Waals surface area contributed by atoms with Crippen LogP contribution >= 0.6 is 0 Å². The minimum Gasteiger partial charge on any atom is -0.370 e. The van der Waals surface area contributed by atoms with Crippen LogP contribution in [0.3, 0.4) is 0 Å². The summed E-state index contributed by atoms with van der Waals surface area (Å²) in [4.78, 5) is 14.7. The number of aryl methyl sites for hydroxylation is 1. The van der Waals surface area contributed by atoms with Gasteiger partial charge in [0, 0.05) is 25.2 Å². The lowest BCUT2D eigenvalue weighted by Crippen LogP contribution is -2.22. The van der Waals surface area contributed by atoms with Crippen LogP contribution in [0.15, 0.2) is 12.5 Å². The molecular weight excluding hydrogens is 192 g/mol. The highest BCUT2D eigenvalue weighted by atomic mass is 16.1. The van der Waals surface area contributed by atoms with E-state index in [0.717, 1.165) is 5.69 Å². The first kappa shape index (κ1) is 11.7. The van der Waals surface area contributed by atoms with Crippen molar-refractivity contribution in [2.24, 2.45) is 17.4 Å². The maximum atomic E-state index is 10.7. The van der Waals surface area contributed by atoms with Crippen molar-refractivity contribution in [3.05, 3.63) is 18.2 Å². The Morgan fingerprint density at radius 3 is 2.80 bits per heavy atom. The lowest BCUT2D eigenvalue weighted by molar-refractivity contribution is -0.118. The van der Waals surface area contributed by atoms with Gasteiger partial charge in [0.25, 0.3) is 0 Å².